The number of fused-ring (bicyclic) bond motifs is 1. The molecule has 2 aromatic heterocycles. The number of nitrogens with one attached hydrogen (secondary N) is 1. The zero-order valence-corrected chi connectivity index (χ0v) is 14.7. The van der Waals surface area contributed by atoms with Crippen LogP contribution in [0.25, 0.3) is 5.65 Å². The molecule has 0 fully saturated rings. The molecule has 1 amide bonds. The van der Waals surface area contributed by atoms with Crippen molar-refractivity contribution in [2.75, 3.05) is 5.32 Å². The fourth-order valence-electron chi connectivity index (χ4n) is 2.87. The van der Waals surface area contributed by atoms with Crippen molar-refractivity contribution in [3.8, 4) is 0 Å². The fourth-order valence-corrected chi connectivity index (χ4v) is 2.87. The summed E-state index contributed by atoms with van der Waals surface area (Å²) in [6.07, 6.45) is 2.25. The first-order valence-corrected chi connectivity index (χ1v) is 8.21. The van der Waals surface area contributed by atoms with Gasteiger partial charge in [0, 0.05) is 11.9 Å². The summed E-state index contributed by atoms with van der Waals surface area (Å²) in [5.74, 6) is -3.06. The lowest BCUT2D eigenvalue weighted by Crippen LogP contribution is -2.17. The summed E-state index contributed by atoms with van der Waals surface area (Å²) in [7, 11) is 0. The number of aromatic carboxylic acids is 2. The second kappa shape index (κ2) is 6.91. The van der Waals surface area contributed by atoms with Gasteiger partial charge >= 0.3 is 11.9 Å². The molecule has 0 aliphatic carbocycles. The van der Waals surface area contributed by atoms with Crippen molar-refractivity contribution in [2.24, 2.45) is 0 Å². The summed E-state index contributed by atoms with van der Waals surface area (Å²) in [4.78, 5) is 39.8. The highest BCUT2D eigenvalue weighted by Crippen LogP contribution is 2.20. The molecular formula is C19H17N3O5. The lowest BCUT2D eigenvalue weighted by Gasteiger charge is -2.09. The zero-order chi connectivity index (χ0) is 19.7. The zero-order valence-electron chi connectivity index (χ0n) is 14.7. The van der Waals surface area contributed by atoms with E-state index in [4.69, 9.17) is 10.2 Å². The van der Waals surface area contributed by atoms with Crippen molar-refractivity contribution in [3.63, 3.8) is 0 Å². The number of carboxylic acid groups (broad SMARTS) is 2. The summed E-state index contributed by atoms with van der Waals surface area (Å²) >= 11 is 0. The molecule has 0 radical (unpaired) electrons. The van der Waals surface area contributed by atoms with Gasteiger partial charge in [-0.25, -0.2) is 14.6 Å². The second-order valence-electron chi connectivity index (χ2n) is 6.01. The molecule has 0 unspecified atom stereocenters. The van der Waals surface area contributed by atoms with E-state index in [0.717, 1.165) is 11.6 Å². The van der Waals surface area contributed by atoms with Gasteiger partial charge in [0.05, 0.1) is 16.8 Å². The number of amides is 1. The van der Waals surface area contributed by atoms with Crippen molar-refractivity contribution in [3.05, 3.63) is 64.6 Å². The summed E-state index contributed by atoms with van der Waals surface area (Å²) in [5.41, 5.74) is 2.12. The lowest BCUT2D eigenvalue weighted by molar-refractivity contribution is 0.0696. The average Bonchev–Trinajstić information content (AvgIpc) is 3.01. The molecule has 8 nitrogen and oxygen atoms in total. The van der Waals surface area contributed by atoms with E-state index in [9.17, 15) is 14.4 Å². The Labute approximate surface area is 154 Å². The number of carbonyl (C=O) groups excluding carboxylic acids is 1. The first kappa shape index (κ1) is 18.1. The van der Waals surface area contributed by atoms with Crippen molar-refractivity contribution in [2.45, 2.75) is 20.3 Å². The minimum Gasteiger partial charge on any atom is -0.478 e. The Morgan fingerprint density at radius 3 is 2.30 bits per heavy atom. The maximum absolute atomic E-state index is 12.9. The van der Waals surface area contributed by atoms with E-state index in [2.05, 4.69) is 10.3 Å². The Balaban J connectivity index is 2.06. The number of aromatic nitrogens is 2. The third kappa shape index (κ3) is 3.37. The van der Waals surface area contributed by atoms with E-state index >= 15 is 0 Å². The molecule has 8 heteroatoms. The minimum atomic E-state index is -1.28. The van der Waals surface area contributed by atoms with Gasteiger partial charge in [0.1, 0.15) is 11.3 Å². The molecule has 0 atom stereocenters. The maximum atomic E-state index is 12.9. The number of aryl methyl sites for hydroxylation is 2. The predicted molar refractivity (Wildman–Crippen MR) is 97.6 cm³/mol. The molecule has 0 aliphatic rings. The van der Waals surface area contributed by atoms with Crippen molar-refractivity contribution >= 4 is 29.2 Å². The summed E-state index contributed by atoms with van der Waals surface area (Å²) < 4.78 is 1.67. The smallest absolute Gasteiger partial charge is 0.335 e. The van der Waals surface area contributed by atoms with Crippen LogP contribution in [0.3, 0.4) is 0 Å². The lowest BCUT2D eigenvalue weighted by atomic mass is 10.1. The van der Waals surface area contributed by atoms with Crippen LogP contribution in [0.2, 0.25) is 0 Å². The predicted octanol–water partition coefficient (Wildman–Crippen LogP) is 2.85. The maximum Gasteiger partial charge on any atom is 0.335 e. The number of benzene rings is 1. The number of rotatable bonds is 5. The summed E-state index contributed by atoms with van der Waals surface area (Å²) in [6, 6.07) is 7.15. The highest BCUT2D eigenvalue weighted by molar-refractivity contribution is 6.06. The molecule has 1 aromatic carbocycles. The molecular weight excluding hydrogens is 350 g/mol. The molecule has 0 bridgehead atoms. The third-order valence-electron chi connectivity index (χ3n) is 4.15. The molecule has 0 saturated carbocycles. The Kier molecular flexibility index (Phi) is 4.64. The first-order valence-electron chi connectivity index (χ1n) is 8.21. The number of hydrogen-bond donors (Lipinski definition) is 3. The number of pyridine rings is 1. The molecule has 0 spiro atoms. The molecule has 27 heavy (non-hydrogen) atoms. The van der Waals surface area contributed by atoms with E-state index in [-0.39, 0.29) is 16.8 Å². The van der Waals surface area contributed by atoms with Crippen LogP contribution in [0.15, 0.2) is 36.5 Å². The quantitative estimate of drug-likeness (QED) is 0.637. The van der Waals surface area contributed by atoms with Crippen LogP contribution >= 0.6 is 0 Å². The van der Waals surface area contributed by atoms with Crippen LogP contribution in [-0.2, 0) is 6.42 Å². The fraction of sp³-hybridized carbons (Fsp3) is 0.158. The number of anilines is 1. The Bertz CT molecular complexity index is 1050. The van der Waals surface area contributed by atoms with Crippen LogP contribution in [0.5, 0.6) is 0 Å². The molecule has 2 heterocycles. The molecule has 3 N–H and O–H groups in total. The second-order valence-corrected chi connectivity index (χ2v) is 6.01. The van der Waals surface area contributed by atoms with Gasteiger partial charge in [-0.15, -0.1) is 0 Å². The van der Waals surface area contributed by atoms with Crippen LogP contribution in [0.1, 0.15) is 49.4 Å². The normalized spacial score (nSPS) is 10.7. The first-order chi connectivity index (χ1) is 12.8. The van der Waals surface area contributed by atoms with Gasteiger partial charge in [-0.3, -0.25) is 9.20 Å². The molecule has 3 aromatic rings. The Morgan fingerprint density at radius 1 is 1.11 bits per heavy atom. The van der Waals surface area contributed by atoms with Gasteiger partial charge in [0.15, 0.2) is 0 Å². The number of carboxylic acids is 2. The summed E-state index contributed by atoms with van der Waals surface area (Å²) in [6.45, 7) is 3.76. The third-order valence-corrected chi connectivity index (χ3v) is 4.15. The van der Waals surface area contributed by atoms with Crippen LogP contribution < -0.4 is 5.32 Å². The standard InChI is InChI=1S/C19H17N3O5/c1-3-14-15(22-6-4-5-10(2)16(22)21-14)17(23)20-13-8-11(18(24)25)7-12(9-13)19(26)27/h4-9H,3H2,1-2H3,(H,20,23)(H,24,25)(H,26,27). The van der Waals surface area contributed by atoms with Gasteiger partial charge in [-0.1, -0.05) is 13.0 Å². The Hall–Kier alpha value is -3.68. The number of nitrogens with zero attached hydrogens (tertiary/aromatic N) is 2. The van der Waals surface area contributed by atoms with Gasteiger partial charge in [-0.05, 0) is 43.2 Å². The van der Waals surface area contributed by atoms with Crippen LogP contribution in [-0.4, -0.2) is 37.4 Å². The van der Waals surface area contributed by atoms with Gasteiger partial charge in [0.2, 0.25) is 0 Å². The average molecular weight is 367 g/mol. The number of carbonyl (C=O) groups is 3. The minimum absolute atomic E-state index is 0.0851. The highest BCUT2D eigenvalue weighted by Gasteiger charge is 2.20. The number of imidazole rings is 1. The van der Waals surface area contributed by atoms with Crippen molar-refractivity contribution in [1.82, 2.24) is 9.38 Å². The van der Waals surface area contributed by atoms with E-state index in [0.29, 0.717) is 23.5 Å². The molecule has 0 aliphatic heterocycles. The largest absolute Gasteiger partial charge is 0.478 e. The number of hydrogen-bond acceptors (Lipinski definition) is 4. The van der Waals surface area contributed by atoms with E-state index in [1.807, 2.05) is 19.9 Å². The molecule has 3 rings (SSSR count). The van der Waals surface area contributed by atoms with Gasteiger partial charge in [-0.2, -0.15) is 0 Å². The highest BCUT2D eigenvalue weighted by atomic mass is 16.4. The van der Waals surface area contributed by atoms with E-state index in [1.165, 1.54) is 12.1 Å². The van der Waals surface area contributed by atoms with Gasteiger partial charge < -0.3 is 15.5 Å². The van der Waals surface area contributed by atoms with Crippen LogP contribution in [0, 0.1) is 6.92 Å². The molecule has 138 valence electrons. The summed E-state index contributed by atoms with van der Waals surface area (Å²) in [5, 5.41) is 20.9. The SMILES string of the molecule is CCc1nc2c(C)cccn2c1C(=O)Nc1cc(C(=O)O)cc(C(=O)O)c1. The molecule has 0 saturated heterocycles. The van der Waals surface area contributed by atoms with E-state index < -0.39 is 17.8 Å². The van der Waals surface area contributed by atoms with Crippen molar-refractivity contribution in [1.29, 1.82) is 0 Å². The monoisotopic (exact) mass is 367 g/mol. The topological polar surface area (TPSA) is 121 Å². The van der Waals surface area contributed by atoms with Crippen molar-refractivity contribution < 1.29 is 24.6 Å². The Morgan fingerprint density at radius 2 is 1.74 bits per heavy atom. The van der Waals surface area contributed by atoms with E-state index in [1.54, 1.807) is 16.7 Å². The van der Waals surface area contributed by atoms with Gasteiger partial charge in [0.25, 0.3) is 5.91 Å². The van der Waals surface area contributed by atoms with Crippen LogP contribution in [0.4, 0.5) is 5.69 Å².